The van der Waals surface area contributed by atoms with Gasteiger partial charge in [0.1, 0.15) is 17.3 Å². The average molecular weight is 281 g/mol. The van der Waals surface area contributed by atoms with Crippen molar-refractivity contribution in [2.24, 2.45) is 0 Å². The van der Waals surface area contributed by atoms with E-state index in [0.717, 1.165) is 0 Å². The first-order valence-corrected chi connectivity index (χ1v) is 6.63. The van der Waals surface area contributed by atoms with Gasteiger partial charge in [-0.15, -0.1) is 5.92 Å². The van der Waals surface area contributed by atoms with Gasteiger partial charge in [-0.05, 0) is 13.0 Å². The number of halogens is 3. The topological polar surface area (TPSA) is 43.4 Å². The molecule has 0 fully saturated rings. The number of hydrogen-bond acceptors (Lipinski definition) is 3. The lowest BCUT2D eigenvalue weighted by Crippen LogP contribution is -2.04. The van der Waals surface area contributed by atoms with E-state index in [1.807, 2.05) is 0 Å². The number of benzene rings is 1. The smallest absolute Gasteiger partial charge is 0.265 e. The number of rotatable bonds is 3. The molecule has 0 unspecified atom stereocenters. The second-order valence-corrected chi connectivity index (χ2v) is 5.40. The summed E-state index contributed by atoms with van der Waals surface area (Å²) in [7, 11) is 0.747. The summed E-state index contributed by atoms with van der Waals surface area (Å²) in [6.45, 7) is 1.31. The van der Waals surface area contributed by atoms with E-state index in [4.69, 9.17) is 15.4 Å². The van der Waals surface area contributed by atoms with Crippen LogP contribution in [0.25, 0.3) is 0 Å². The highest BCUT2D eigenvalue weighted by Gasteiger charge is 2.22. The van der Waals surface area contributed by atoms with Crippen LogP contribution in [0.2, 0.25) is 0 Å². The predicted octanol–water partition coefficient (Wildman–Crippen LogP) is 2.29. The van der Waals surface area contributed by atoms with Gasteiger partial charge in [-0.2, -0.15) is 0 Å². The van der Waals surface area contributed by atoms with E-state index < -0.39 is 31.3 Å². The minimum Gasteiger partial charge on any atom is -0.476 e. The summed E-state index contributed by atoms with van der Waals surface area (Å²) in [6, 6.07) is 1.08. The minimum absolute atomic E-state index is 0.224. The van der Waals surface area contributed by atoms with Gasteiger partial charge in [0.05, 0.1) is 0 Å². The Hall–Kier alpha value is -1.32. The van der Waals surface area contributed by atoms with Crippen LogP contribution in [0.3, 0.4) is 0 Å². The van der Waals surface area contributed by atoms with Gasteiger partial charge >= 0.3 is 0 Å². The molecule has 0 amide bonds. The predicted molar refractivity (Wildman–Crippen MR) is 58.3 cm³/mol. The molecule has 0 saturated carbocycles. The molecule has 0 aromatic heterocycles. The highest BCUT2D eigenvalue weighted by molar-refractivity contribution is 8.13. The second-order valence-electron chi connectivity index (χ2n) is 2.87. The standard InChI is InChI=1S/C10H7ClF2O3S/c1-2-3-4-16-10-8(13)5-7(12)6-9(10)17(11,14)15/h5-6H,4H2,1H3. The lowest BCUT2D eigenvalue weighted by molar-refractivity contribution is 0.335. The molecule has 0 N–H and O–H groups in total. The van der Waals surface area contributed by atoms with Crippen LogP contribution in [0.1, 0.15) is 6.92 Å². The van der Waals surface area contributed by atoms with Crippen LogP contribution < -0.4 is 4.74 Å². The van der Waals surface area contributed by atoms with Gasteiger partial charge in [0.2, 0.25) is 0 Å². The van der Waals surface area contributed by atoms with Gasteiger partial charge in [0.25, 0.3) is 9.05 Å². The number of hydrogen-bond donors (Lipinski definition) is 0. The summed E-state index contributed by atoms with van der Waals surface area (Å²) in [4.78, 5) is -0.755. The maximum absolute atomic E-state index is 13.3. The van der Waals surface area contributed by atoms with Crippen molar-refractivity contribution < 1.29 is 21.9 Å². The third kappa shape index (κ3) is 3.58. The zero-order valence-electron chi connectivity index (χ0n) is 8.63. The first-order chi connectivity index (χ1) is 7.86. The largest absolute Gasteiger partial charge is 0.476 e. The summed E-state index contributed by atoms with van der Waals surface area (Å²) in [5.41, 5.74) is 0. The summed E-state index contributed by atoms with van der Waals surface area (Å²) in [6.07, 6.45) is 0. The molecule has 0 spiro atoms. The highest BCUT2D eigenvalue weighted by atomic mass is 35.7. The molecule has 0 heterocycles. The van der Waals surface area contributed by atoms with E-state index in [1.54, 1.807) is 0 Å². The van der Waals surface area contributed by atoms with Crippen LogP contribution in [-0.2, 0) is 9.05 Å². The molecule has 17 heavy (non-hydrogen) atoms. The Balaban J connectivity index is 3.29. The van der Waals surface area contributed by atoms with Crippen molar-refractivity contribution >= 4 is 19.7 Å². The summed E-state index contributed by atoms with van der Waals surface area (Å²) >= 11 is 0. The third-order valence-electron chi connectivity index (χ3n) is 1.70. The third-order valence-corrected chi connectivity index (χ3v) is 3.03. The van der Waals surface area contributed by atoms with Crippen LogP contribution in [0.4, 0.5) is 8.78 Å². The van der Waals surface area contributed by atoms with Crippen molar-refractivity contribution in [2.75, 3.05) is 6.61 Å². The van der Waals surface area contributed by atoms with Crippen LogP contribution in [-0.4, -0.2) is 15.0 Å². The van der Waals surface area contributed by atoms with Gasteiger partial charge in [0.15, 0.2) is 11.6 Å². The summed E-state index contributed by atoms with van der Waals surface area (Å²) in [5, 5.41) is 0. The lowest BCUT2D eigenvalue weighted by Gasteiger charge is -2.08. The molecule has 1 rings (SSSR count). The molecule has 7 heteroatoms. The quantitative estimate of drug-likeness (QED) is 0.630. The molecule has 92 valence electrons. The molecule has 0 radical (unpaired) electrons. The molecular weight excluding hydrogens is 274 g/mol. The fourth-order valence-corrected chi connectivity index (χ4v) is 2.01. The zero-order valence-corrected chi connectivity index (χ0v) is 10.2. The molecule has 0 aliphatic carbocycles. The van der Waals surface area contributed by atoms with E-state index in [2.05, 4.69) is 11.8 Å². The molecule has 0 aliphatic heterocycles. The first kappa shape index (κ1) is 13.7. The van der Waals surface area contributed by atoms with Crippen LogP contribution in [0, 0.1) is 23.5 Å². The second kappa shape index (κ2) is 5.34. The van der Waals surface area contributed by atoms with Crippen molar-refractivity contribution in [1.82, 2.24) is 0 Å². The lowest BCUT2D eigenvalue weighted by atomic mass is 10.3. The van der Waals surface area contributed by atoms with E-state index in [0.29, 0.717) is 12.1 Å². The van der Waals surface area contributed by atoms with Crippen LogP contribution in [0.15, 0.2) is 17.0 Å². The van der Waals surface area contributed by atoms with Crippen LogP contribution >= 0.6 is 10.7 Å². The van der Waals surface area contributed by atoms with E-state index >= 15 is 0 Å². The maximum atomic E-state index is 13.3. The summed E-state index contributed by atoms with van der Waals surface area (Å²) < 4.78 is 53.2. The molecular formula is C10H7ClF2O3S. The van der Waals surface area contributed by atoms with Crippen molar-refractivity contribution in [1.29, 1.82) is 0 Å². The molecule has 0 aliphatic rings. The van der Waals surface area contributed by atoms with E-state index in [9.17, 15) is 17.2 Å². The van der Waals surface area contributed by atoms with E-state index in [-0.39, 0.29) is 6.61 Å². The van der Waals surface area contributed by atoms with Crippen LogP contribution in [0.5, 0.6) is 5.75 Å². The Kier molecular flexibility index (Phi) is 4.32. The SMILES string of the molecule is CC#CCOc1c(F)cc(F)cc1S(=O)(=O)Cl. The fraction of sp³-hybridized carbons (Fsp3) is 0.200. The molecule has 1 aromatic rings. The Morgan fingerprint density at radius 2 is 2.06 bits per heavy atom. The van der Waals surface area contributed by atoms with Crippen molar-refractivity contribution in [2.45, 2.75) is 11.8 Å². The monoisotopic (exact) mass is 280 g/mol. The molecule has 3 nitrogen and oxygen atoms in total. The Morgan fingerprint density at radius 3 is 2.59 bits per heavy atom. The summed E-state index contributed by atoms with van der Waals surface area (Å²) in [5.74, 6) is 2.07. The minimum atomic E-state index is -4.30. The van der Waals surface area contributed by atoms with Gasteiger partial charge in [0, 0.05) is 16.7 Å². The Labute approximate surface area is 102 Å². The molecule has 0 bridgehead atoms. The van der Waals surface area contributed by atoms with E-state index in [1.165, 1.54) is 6.92 Å². The number of ether oxygens (including phenoxy) is 1. The average Bonchev–Trinajstić information content (AvgIpc) is 2.19. The molecule has 0 atom stereocenters. The van der Waals surface area contributed by atoms with Crippen molar-refractivity contribution in [3.63, 3.8) is 0 Å². The Morgan fingerprint density at radius 1 is 1.41 bits per heavy atom. The van der Waals surface area contributed by atoms with Gasteiger partial charge in [-0.1, -0.05) is 5.92 Å². The van der Waals surface area contributed by atoms with Crippen molar-refractivity contribution in [3.8, 4) is 17.6 Å². The molecule has 0 saturated heterocycles. The van der Waals surface area contributed by atoms with Gasteiger partial charge in [-0.25, -0.2) is 17.2 Å². The van der Waals surface area contributed by atoms with Gasteiger partial charge in [-0.3, -0.25) is 0 Å². The normalized spacial score (nSPS) is 10.6. The zero-order chi connectivity index (χ0) is 13.1. The molecule has 1 aromatic carbocycles. The van der Waals surface area contributed by atoms with Gasteiger partial charge < -0.3 is 4.74 Å². The fourth-order valence-electron chi connectivity index (χ4n) is 1.04. The Bertz CT molecular complexity index is 588. The maximum Gasteiger partial charge on any atom is 0.265 e. The highest BCUT2D eigenvalue weighted by Crippen LogP contribution is 2.30. The first-order valence-electron chi connectivity index (χ1n) is 4.32. The van der Waals surface area contributed by atoms with Crippen molar-refractivity contribution in [3.05, 3.63) is 23.8 Å².